The summed E-state index contributed by atoms with van der Waals surface area (Å²) in [5, 5.41) is 0. The van der Waals surface area contributed by atoms with E-state index in [1.807, 2.05) is 30.0 Å². The molecule has 1 aromatic rings. The number of ether oxygens (including phenoxy) is 1. The van der Waals surface area contributed by atoms with E-state index in [1.54, 1.807) is 6.20 Å². The zero-order valence-electron chi connectivity index (χ0n) is 10.3. The number of hydrogen-bond donors (Lipinski definition) is 1. The number of hydrogen-bond acceptors (Lipinski definition) is 5. The van der Waals surface area contributed by atoms with Crippen LogP contribution >= 0.6 is 0 Å². The topological polar surface area (TPSA) is 68.5 Å². The monoisotopic (exact) mass is 237 g/mol. The van der Waals surface area contributed by atoms with E-state index in [9.17, 15) is 4.79 Å². The van der Waals surface area contributed by atoms with Crippen LogP contribution in [0.1, 0.15) is 12.6 Å². The Morgan fingerprint density at radius 3 is 2.82 bits per heavy atom. The third-order valence-corrected chi connectivity index (χ3v) is 2.63. The van der Waals surface area contributed by atoms with Gasteiger partial charge in [-0.3, -0.25) is 14.7 Å². The number of rotatable bonds is 6. The molecular formula is C12H19N3O2. The van der Waals surface area contributed by atoms with Gasteiger partial charge in [0.2, 0.25) is 0 Å². The van der Waals surface area contributed by atoms with E-state index in [0.29, 0.717) is 13.1 Å². The SMILES string of the molecule is CCN(Cc1ccccn1)C(CN)C(=O)OC. The highest BCUT2D eigenvalue weighted by atomic mass is 16.5. The van der Waals surface area contributed by atoms with Crippen molar-refractivity contribution in [1.29, 1.82) is 0 Å². The number of carbonyl (C=O) groups excluding carboxylic acids is 1. The molecule has 0 spiro atoms. The van der Waals surface area contributed by atoms with E-state index >= 15 is 0 Å². The summed E-state index contributed by atoms with van der Waals surface area (Å²) in [6.45, 7) is 3.53. The van der Waals surface area contributed by atoms with Gasteiger partial charge in [0.05, 0.1) is 12.8 Å². The summed E-state index contributed by atoms with van der Waals surface area (Å²) < 4.78 is 4.74. The van der Waals surface area contributed by atoms with Crippen LogP contribution in [-0.4, -0.2) is 42.1 Å². The second kappa shape index (κ2) is 6.98. The van der Waals surface area contributed by atoms with E-state index in [2.05, 4.69) is 4.98 Å². The predicted octanol–water partition coefficient (Wildman–Crippen LogP) is 0.404. The first-order valence-electron chi connectivity index (χ1n) is 5.64. The fraction of sp³-hybridized carbons (Fsp3) is 0.500. The molecule has 1 aromatic heterocycles. The number of pyridine rings is 1. The molecule has 0 aliphatic rings. The van der Waals surface area contributed by atoms with E-state index in [1.165, 1.54) is 7.11 Å². The maximum Gasteiger partial charge on any atom is 0.324 e. The third kappa shape index (κ3) is 3.80. The Bertz CT molecular complexity index is 343. The summed E-state index contributed by atoms with van der Waals surface area (Å²) in [6.07, 6.45) is 1.73. The first-order valence-corrected chi connectivity index (χ1v) is 5.64. The van der Waals surface area contributed by atoms with Gasteiger partial charge in [-0.25, -0.2) is 0 Å². The van der Waals surface area contributed by atoms with E-state index in [-0.39, 0.29) is 12.5 Å². The number of esters is 1. The lowest BCUT2D eigenvalue weighted by Gasteiger charge is -2.27. The van der Waals surface area contributed by atoms with Gasteiger partial charge in [-0.05, 0) is 18.7 Å². The van der Waals surface area contributed by atoms with Gasteiger partial charge in [0.15, 0.2) is 0 Å². The normalized spacial score (nSPS) is 12.5. The van der Waals surface area contributed by atoms with Crippen LogP contribution in [0.4, 0.5) is 0 Å². The Morgan fingerprint density at radius 2 is 2.35 bits per heavy atom. The molecule has 0 aliphatic heterocycles. The van der Waals surface area contributed by atoms with Gasteiger partial charge in [-0.2, -0.15) is 0 Å². The average molecular weight is 237 g/mol. The molecule has 17 heavy (non-hydrogen) atoms. The van der Waals surface area contributed by atoms with Crippen molar-refractivity contribution in [3.63, 3.8) is 0 Å². The smallest absolute Gasteiger partial charge is 0.324 e. The Balaban J connectivity index is 2.73. The fourth-order valence-corrected chi connectivity index (χ4v) is 1.67. The van der Waals surface area contributed by atoms with Crippen LogP contribution in [0.25, 0.3) is 0 Å². The van der Waals surface area contributed by atoms with Crippen molar-refractivity contribution < 1.29 is 9.53 Å². The maximum absolute atomic E-state index is 11.6. The highest BCUT2D eigenvalue weighted by Gasteiger charge is 2.24. The second-order valence-corrected chi connectivity index (χ2v) is 3.66. The molecule has 1 atom stereocenters. The van der Waals surface area contributed by atoms with Crippen molar-refractivity contribution in [2.45, 2.75) is 19.5 Å². The zero-order valence-corrected chi connectivity index (χ0v) is 10.3. The first kappa shape index (κ1) is 13.6. The van der Waals surface area contributed by atoms with Gasteiger partial charge in [-0.1, -0.05) is 13.0 Å². The summed E-state index contributed by atoms with van der Waals surface area (Å²) >= 11 is 0. The molecule has 1 heterocycles. The van der Waals surface area contributed by atoms with E-state index < -0.39 is 6.04 Å². The summed E-state index contributed by atoms with van der Waals surface area (Å²) in [7, 11) is 1.37. The van der Waals surface area contributed by atoms with Gasteiger partial charge >= 0.3 is 5.97 Å². The van der Waals surface area contributed by atoms with Crippen LogP contribution in [-0.2, 0) is 16.1 Å². The number of carbonyl (C=O) groups is 1. The van der Waals surface area contributed by atoms with Crippen LogP contribution in [0.15, 0.2) is 24.4 Å². The number of likely N-dealkylation sites (N-methyl/N-ethyl adjacent to an activating group) is 1. The zero-order chi connectivity index (χ0) is 12.7. The van der Waals surface area contributed by atoms with Gasteiger partial charge in [-0.15, -0.1) is 0 Å². The van der Waals surface area contributed by atoms with Crippen molar-refractivity contribution in [2.24, 2.45) is 5.73 Å². The molecule has 0 amide bonds. The van der Waals surface area contributed by atoms with Crippen LogP contribution in [0.2, 0.25) is 0 Å². The average Bonchev–Trinajstić information content (AvgIpc) is 2.39. The number of nitrogens with zero attached hydrogens (tertiary/aromatic N) is 2. The van der Waals surface area contributed by atoms with Crippen molar-refractivity contribution in [2.75, 3.05) is 20.2 Å². The summed E-state index contributed by atoms with van der Waals surface area (Å²) in [5.41, 5.74) is 6.53. The highest BCUT2D eigenvalue weighted by Crippen LogP contribution is 2.06. The van der Waals surface area contributed by atoms with Crippen molar-refractivity contribution in [1.82, 2.24) is 9.88 Å². The summed E-state index contributed by atoms with van der Waals surface area (Å²) in [4.78, 5) is 17.8. The standard InChI is InChI=1S/C12H19N3O2/c1-3-15(11(8-13)12(16)17-2)9-10-6-4-5-7-14-10/h4-7,11H,3,8-9,13H2,1-2H3. The molecule has 0 saturated heterocycles. The van der Waals surface area contributed by atoms with Crippen LogP contribution in [0, 0.1) is 0 Å². The van der Waals surface area contributed by atoms with E-state index in [4.69, 9.17) is 10.5 Å². The molecule has 0 saturated carbocycles. The lowest BCUT2D eigenvalue weighted by atomic mass is 10.2. The summed E-state index contributed by atoms with van der Waals surface area (Å²) in [5.74, 6) is -0.301. The minimum atomic E-state index is -0.410. The molecule has 0 radical (unpaired) electrons. The van der Waals surface area contributed by atoms with Crippen molar-refractivity contribution in [3.05, 3.63) is 30.1 Å². The van der Waals surface area contributed by atoms with Crippen LogP contribution < -0.4 is 5.73 Å². The Kier molecular flexibility index (Phi) is 5.59. The number of methoxy groups -OCH3 is 1. The van der Waals surface area contributed by atoms with Gasteiger partial charge in [0.25, 0.3) is 0 Å². The predicted molar refractivity (Wildman–Crippen MR) is 65.2 cm³/mol. The van der Waals surface area contributed by atoms with Crippen molar-refractivity contribution in [3.8, 4) is 0 Å². The molecular weight excluding hydrogens is 218 g/mol. The Hall–Kier alpha value is -1.46. The molecule has 0 bridgehead atoms. The lowest BCUT2D eigenvalue weighted by molar-refractivity contribution is -0.146. The van der Waals surface area contributed by atoms with Crippen LogP contribution in [0.5, 0.6) is 0 Å². The minimum absolute atomic E-state index is 0.243. The molecule has 2 N–H and O–H groups in total. The van der Waals surface area contributed by atoms with Gasteiger partial charge < -0.3 is 10.5 Å². The Morgan fingerprint density at radius 1 is 1.59 bits per heavy atom. The first-order chi connectivity index (χ1) is 8.22. The number of nitrogens with two attached hydrogens (primary N) is 1. The third-order valence-electron chi connectivity index (χ3n) is 2.63. The molecule has 94 valence electrons. The van der Waals surface area contributed by atoms with Crippen LogP contribution in [0.3, 0.4) is 0 Å². The minimum Gasteiger partial charge on any atom is -0.468 e. The Labute approximate surface area is 102 Å². The lowest BCUT2D eigenvalue weighted by Crippen LogP contribution is -2.46. The maximum atomic E-state index is 11.6. The largest absolute Gasteiger partial charge is 0.468 e. The van der Waals surface area contributed by atoms with Crippen molar-refractivity contribution >= 4 is 5.97 Å². The molecule has 5 heteroatoms. The fourth-order valence-electron chi connectivity index (χ4n) is 1.67. The molecule has 0 aromatic carbocycles. The van der Waals surface area contributed by atoms with Gasteiger partial charge in [0, 0.05) is 19.3 Å². The second-order valence-electron chi connectivity index (χ2n) is 3.66. The molecule has 0 fully saturated rings. The highest BCUT2D eigenvalue weighted by molar-refractivity contribution is 5.75. The quantitative estimate of drug-likeness (QED) is 0.725. The van der Waals surface area contributed by atoms with E-state index in [0.717, 1.165) is 5.69 Å². The number of aromatic nitrogens is 1. The molecule has 0 aliphatic carbocycles. The van der Waals surface area contributed by atoms with Gasteiger partial charge in [0.1, 0.15) is 6.04 Å². The summed E-state index contributed by atoms with van der Waals surface area (Å²) in [6, 6.07) is 5.30. The molecule has 5 nitrogen and oxygen atoms in total. The molecule has 1 rings (SSSR count). The molecule has 1 unspecified atom stereocenters.